The summed E-state index contributed by atoms with van der Waals surface area (Å²) in [6.07, 6.45) is 1.92. The van der Waals surface area contributed by atoms with Gasteiger partial charge in [0, 0.05) is 18.3 Å². The van der Waals surface area contributed by atoms with Crippen LogP contribution in [0.1, 0.15) is 25.8 Å². The molecule has 1 unspecified atom stereocenters. The highest BCUT2D eigenvalue weighted by Gasteiger charge is 2.13. The lowest BCUT2D eigenvalue weighted by molar-refractivity contribution is 0.475. The molecular formula is C18H22FNO. The molecule has 2 nitrogen and oxygen atoms in total. The van der Waals surface area contributed by atoms with Crippen molar-refractivity contribution in [1.29, 1.82) is 0 Å². The van der Waals surface area contributed by atoms with Gasteiger partial charge in [-0.1, -0.05) is 18.2 Å². The van der Waals surface area contributed by atoms with Crippen LogP contribution in [-0.4, -0.2) is 17.7 Å². The molecule has 0 aromatic heterocycles. The van der Waals surface area contributed by atoms with Gasteiger partial charge in [0.15, 0.2) is 0 Å². The van der Waals surface area contributed by atoms with E-state index in [-0.39, 0.29) is 5.82 Å². The Labute approximate surface area is 125 Å². The molecule has 0 saturated heterocycles. The second kappa shape index (κ2) is 7.11. The van der Waals surface area contributed by atoms with Crippen LogP contribution in [0.2, 0.25) is 0 Å². The normalized spacial score (nSPS) is 12.1. The van der Waals surface area contributed by atoms with Crippen LogP contribution in [0.3, 0.4) is 0 Å². The van der Waals surface area contributed by atoms with Crippen molar-refractivity contribution in [2.75, 3.05) is 11.4 Å². The van der Waals surface area contributed by atoms with Gasteiger partial charge in [-0.2, -0.15) is 0 Å². The van der Waals surface area contributed by atoms with Gasteiger partial charge < -0.3 is 10.0 Å². The van der Waals surface area contributed by atoms with E-state index in [9.17, 15) is 9.50 Å². The molecule has 21 heavy (non-hydrogen) atoms. The summed E-state index contributed by atoms with van der Waals surface area (Å²) < 4.78 is 13.4. The quantitative estimate of drug-likeness (QED) is 0.852. The second-order valence-corrected chi connectivity index (χ2v) is 5.32. The van der Waals surface area contributed by atoms with Gasteiger partial charge in [0.25, 0.3) is 0 Å². The average Bonchev–Trinajstić information content (AvgIpc) is 2.47. The standard InChI is InChI=1S/C18H22FNO/c1-3-20(17-6-4-5-16(19)13-17)14(2)7-8-15-9-11-18(21)12-10-15/h4-6,9-14,21H,3,7-8H2,1-2H3. The third kappa shape index (κ3) is 4.22. The molecule has 0 bridgehead atoms. The number of nitrogens with zero attached hydrogens (tertiary/aromatic N) is 1. The third-order valence-electron chi connectivity index (χ3n) is 3.80. The first-order chi connectivity index (χ1) is 10.1. The first kappa shape index (κ1) is 15.4. The molecule has 0 saturated carbocycles. The Bertz CT molecular complexity index is 568. The maximum absolute atomic E-state index is 13.4. The molecule has 0 aliphatic carbocycles. The van der Waals surface area contributed by atoms with Crippen LogP contribution in [0, 0.1) is 5.82 Å². The number of hydrogen-bond donors (Lipinski definition) is 1. The highest BCUT2D eigenvalue weighted by atomic mass is 19.1. The summed E-state index contributed by atoms with van der Waals surface area (Å²) in [4.78, 5) is 2.21. The minimum atomic E-state index is -0.198. The largest absolute Gasteiger partial charge is 0.508 e. The van der Waals surface area contributed by atoms with Gasteiger partial charge >= 0.3 is 0 Å². The Balaban J connectivity index is 2.00. The lowest BCUT2D eigenvalue weighted by Gasteiger charge is -2.30. The van der Waals surface area contributed by atoms with Crippen LogP contribution < -0.4 is 4.90 Å². The Morgan fingerprint density at radius 2 is 1.86 bits per heavy atom. The number of anilines is 1. The van der Waals surface area contributed by atoms with Crippen molar-refractivity contribution < 1.29 is 9.50 Å². The van der Waals surface area contributed by atoms with Crippen molar-refractivity contribution in [1.82, 2.24) is 0 Å². The number of hydrogen-bond acceptors (Lipinski definition) is 2. The fourth-order valence-electron chi connectivity index (χ4n) is 2.60. The lowest BCUT2D eigenvalue weighted by atomic mass is 10.0. The molecule has 0 radical (unpaired) electrons. The van der Waals surface area contributed by atoms with E-state index < -0.39 is 0 Å². The third-order valence-corrected chi connectivity index (χ3v) is 3.80. The van der Waals surface area contributed by atoms with Crippen LogP contribution in [-0.2, 0) is 6.42 Å². The lowest BCUT2D eigenvalue weighted by Crippen LogP contribution is -2.33. The van der Waals surface area contributed by atoms with E-state index in [0.29, 0.717) is 11.8 Å². The van der Waals surface area contributed by atoms with E-state index in [1.165, 1.54) is 11.6 Å². The Hall–Kier alpha value is -2.03. The van der Waals surface area contributed by atoms with Crippen LogP contribution in [0.4, 0.5) is 10.1 Å². The molecule has 1 atom stereocenters. The fourth-order valence-corrected chi connectivity index (χ4v) is 2.60. The molecule has 0 spiro atoms. The first-order valence-corrected chi connectivity index (χ1v) is 7.40. The fraction of sp³-hybridized carbons (Fsp3) is 0.333. The maximum Gasteiger partial charge on any atom is 0.125 e. The topological polar surface area (TPSA) is 23.5 Å². The Morgan fingerprint density at radius 3 is 2.48 bits per heavy atom. The summed E-state index contributed by atoms with van der Waals surface area (Å²) in [5.41, 5.74) is 2.13. The summed E-state index contributed by atoms with van der Waals surface area (Å²) in [6, 6.07) is 14.4. The zero-order chi connectivity index (χ0) is 15.2. The zero-order valence-electron chi connectivity index (χ0n) is 12.6. The van der Waals surface area contributed by atoms with Crippen LogP contribution in [0.25, 0.3) is 0 Å². The molecule has 112 valence electrons. The van der Waals surface area contributed by atoms with Crippen molar-refractivity contribution in [3.8, 4) is 5.75 Å². The highest BCUT2D eigenvalue weighted by molar-refractivity contribution is 5.47. The van der Waals surface area contributed by atoms with E-state index in [1.54, 1.807) is 24.3 Å². The van der Waals surface area contributed by atoms with E-state index in [4.69, 9.17) is 0 Å². The molecule has 3 heteroatoms. The zero-order valence-corrected chi connectivity index (χ0v) is 12.6. The molecule has 1 N–H and O–H groups in total. The van der Waals surface area contributed by atoms with E-state index in [0.717, 1.165) is 25.1 Å². The summed E-state index contributed by atoms with van der Waals surface area (Å²) in [5, 5.41) is 9.29. The van der Waals surface area contributed by atoms with E-state index in [1.807, 2.05) is 18.2 Å². The predicted molar refractivity (Wildman–Crippen MR) is 85.3 cm³/mol. The first-order valence-electron chi connectivity index (χ1n) is 7.40. The molecule has 0 heterocycles. The predicted octanol–water partition coefficient (Wildman–Crippen LogP) is 4.38. The summed E-state index contributed by atoms with van der Waals surface area (Å²) in [7, 11) is 0. The SMILES string of the molecule is CCN(c1cccc(F)c1)C(C)CCc1ccc(O)cc1. The minimum absolute atomic E-state index is 0.198. The van der Waals surface area contributed by atoms with Crippen molar-refractivity contribution in [3.63, 3.8) is 0 Å². The molecule has 0 amide bonds. The van der Waals surface area contributed by atoms with Crippen molar-refractivity contribution >= 4 is 5.69 Å². The van der Waals surface area contributed by atoms with E-state index in [2.05, 4.69) is 18.7 Å². The molecule has 0 aliphatic heterocycles. The second-order valence-electron chi connectivity index (χ2n) is 5.32. The summed E-state index contributed by atoms with van der Waals surface area (Å²) >= 11 is 0. The number of halogens is 1. The van der Waals surface area contributed by atoms with Crippen molar-refractivity contribution in [2.45, 2.75) is 32.7 Å². The van der Waals surface area contributed by atoms with E-state index >= 15 is 0 Å². The van der Waals surface area contributed by atoms with Gasteiger partial charge in [-0.15, -0.1) is 0 Å². The number of aromatic hydroxyl groups is 1. The van der Waals surface area contributed by atoms with Gasteiger partial charge in [-0.3, -0.25) is 0 Å². The molecule has 2 rings (SSSR count). The summed E-state index contributed by atoms with van der Waals surface area (Å²) in [5.74, 6) is 0.0958. The molecule has 2 aromatic rings. The number of rotatable bonds is 6. The number of phenols is 1. The van der Waals surface area contributed by atoms with Crippen LogP contribution in [0.15, 0.2) is 48.5 Å². The van der Waals surface area contributed by atoms with Gasteiger partial charge in [0.1, 0.15) is 11.6 Å². The number of benzene rings is 2. The van der Waals surface area contributed by atoms with Gasteiger partial charge in [-0.25, -0.2) is 4.39 Å². The summed E-state index contributed by atoms with van der Waals surface area (Å²) in [6.45, 7) is 5.09. The van der Waals surface area contributed by atoms with Crippen molar-refractivity contribution in [3.05, 3.63) is 59.9 Å². The number of phenolic OH excluding ortho intramolecular Hbond substituents is 1. The minimum Gasteiger partial charge on any atom is -0.508 e. The molecule has 0 aliphatic rings. The molecule has 0 fully saturated rings. The Kier molecular flexibility index (Phi) is 5.20. The highest BCUT2D eigenvalue weighted by Crippen LogP contribution is 2.21. The van der Waals surface area contributed by atoms with Gasteiger partial charge in [0.05, 0.1) is 0 Å². The maximum atomic E-state index is 13.4. The van der Waals surface area contributed by atoms with Gasteiger partial charge in [0.2, 0.25) is 0 Å². The molecular weight excluding hydrogens is 265 g/mol. The monoisotopic (exact) mass is 287 g/mol. The Morgan fingerprint density at radius 1 is 1.14 bits per heavy atom. The molecule has 2 aromatic carbocycles. The van der Waals surface area contributed by atoms with Crippen LogP contribution in [0.5, 0.6) is 5.75 Å². The average molecular weight is 287 g/mol. The van der Waals surface area contributed by atoms with Crippen molar-refractivity contribution in [2.24, 2.45) is 0 Å². The smallest absolute Gasteiger partial charge is 0.125 e. The number of aryl methyl sites for hydroxylation is 1. The van der Waals surface area contributed by atoms with Gasteiger partial charge in [-0.05, 0) is 62.6 Å². The van der Waals surface area contributed by atoms with Crippen LogP contribution >= 0.6 is 0 Å².